The Morgan fingerprint density at radius 2 is 1.86 bits per heavy atom. The number of aromatic amines is 1. The molecule has 1 saturated carbocycles. The predicted molar refractivity (Wildman–Crippen MR) is 133 cm³/mol. The predicted octanol–water partition coefficient (Wildman–Crippen LogP) is 4.58. The summed E-state index contributed by atoms with van der Waals surface area (Å²) in [5, 5.41) is 14.7. The summed E-state index contributed by atoms with van der Waals surface area (Å²) in [6.45, 7) is 1.88. The number of hydrogen-bond donors (Lipinski definition) is 2. The third-order valence-corrected chi connectivity index (χ3v) is 7.19. The van der Waals surface area contributed by atoms with Crippen molar-refractivity contribution in [2.75, 3.05) is 23.5 Å². The highest BCUT2D eigenvalue weighted by atomic mass is 32.2. The molecule has 0 spiro atoms. The average molecular weight is 514 g/mol. The summed E-state index contributed by atoms with van der Waals surface area (Å²) in [5.74, 6) is -0.387. The van der Waals surface area contributed by atoms with Gasteiger partial charge in [0.05, 0.1) is 11.1 Å². The van der Waals surface area contributed by atoms with E-state index in [2.05, 4.69) is 20.6 Å². The third-order valence-electron chi connectivity index (χ3n) is 6.10. The lowest BCUT2D eigenvalue weighted by atomic mass is 9.99. The van der Waals surface area contributed by atoms with Crippen LogP contribution in [0.1, 0.15) is 30.0 Å². The Bertz CT molecular complexity index is 1550. The van der Waals surface area contributed by atoms with Crippen LogP contribution < -0.4 is 10.2 Å². The number of hydrogen-bond acceptors (Lipinski definition) is 7. The highest BCUT2D eigenvalue weighted by Crippen LogP contribution is 2.49. The van der Waals surface area contributed by atoms with Crippen molar-refractivity contribution in [1.82, 2.24) is 25.0 Å². The van der Waals surface area contributed by atoms with Crippen molar-refractivity contribution in [3.63, 3.8) is 0 Å². The van der Waals surface area contributed by atoms with Crippen LogP contribution in [-0.4, -0.2) is 46.7 Å². The van der Waals surface area contributed by atoms with Crippen molar-refractivity contribution < 1.29 is 17.2 Å². The summed E-state index contributed by atoms with van der Waals surface area (Å²) >= 11 is 0. The number of nitrogens with one attached hydrogen (secondary N) is 2. The lowest BCUT2D eigenvalue weighted by molar-refractivity contribution is 0.569. The Balaban J connectivity index is 1.68. The highest BCUT2D eigenvalue weighted by Gasteiger charge is 2.32. The van der Waals surface area contributed by atoms with E-state index in [1.807, 2.05) is 26.2 Å². The first-order valence-electron chi connectivity index (χ1n) is 11.3. The Hall–Kier alpha value is -3.80. The molecule has 12 heteroatoms. The van der Waals surface area contributed by atoms with E-state index in [4.69, 9.17) is 4.98 Å². The van der Waals surface area contributed by atoms with Crippen LogP contribution in [0.3, 0.4) is 0 Å². The number of rotatable bonds is 7. The van der Waals surface area contributed by atoms with Gasteiger partial charge in [0.15, 0.2) is 27.3 Å². The topological polar surface area (TPSA) is 109 Å². The number of anilines is 4. The second kappa shape index (κ2) is 8.70. The zero-order valence-electron chi connectivity index (χ0n) is 20.2. The minimum absolute atomic E-state index is 0.262. The Morgan fingerprint density at radius 3 is 2.39 bits per heavy atom. The lowest BCUT2D eigenvalue weighted by Crippen LogP contribution is -2.17. The molecular weight excluding hydrogens is 488 g/mol. The number of benzene rings is 1. The molecule has 4 aromatic rings. The molecule has 9 nitrogen and oxygen atoms in total. The van der Waals surface area contributed by atoms with Gasteiger partial charge < -0.3 is 10.2 Å². The van der Waals surface area contributed by atoms with Crippen LogP contribution in [-0.2, 0) is 16.9 Å². The van der Waals surface area contributed by atoms with E-state index < -0.39 is 32.1 Å². The molecule has 0 atom stereocenters. The molecule has 0 bridgehead atoms. The number of aryl methyl sites for hydroxylation is 2. The minimum atomic E-state index is -3.79. The van der Waals surface area contributed by atoms with Gasteiger partial charge in [-0.3, -0.25) is 9.78 Å². The number of H-pyrrole nitrogens is 1. The highest BCUT2D eigenvalue weighted by molar-refractivity contribution is 7.90. The van der Waals surface area contributed by atoms with Crippen molar-refractivity contribution in [1.29, 1.82) is 0 Å². The van der Waals surface area contributed by atoms with E-state index in [0.29, 0.717) is 11.6 Å². The van der Waals surface area contributed by atoms with Crippen LogP contribution in [0, 0.1) is 18.6 Å². The van der Waals surface area contributed by atoms with Crippen molar-refractivity contribution in [2.45, 2.75) is 30.6 Å². The molecule has 36 heavy (non-hydrogen) atoms. The van der Waals surface area contributed by atoms with Gasteiger partial charge in [-0.15, -0.1) is 0 Å². The fourth-order valence-corrected chi connectivity index (χ4v) is 4.82. The molecule has 1 aromatic carbocycles. The molecule has 0 amide bonds. The Morgan fingerprint density at radius 1 is 1.17 bits per heavy atom. The maximum Gasteiger partial charge on any atom is 0.175 e. The van der Waals surface area contributed by atoms with Gasteiger partial charge in [0, 0.05) is 49.4 Å². The summed E-state index contributed by atoms with van der Waals surface area (Å²) in [4.78, 5) is 5.58. The van der Waals surface area contributed by atoms with Crippen molar-refractivity contribution in [3.05, 3.63) is 59.6 Å². The van der Waals surface area contributed by atoms with E-state index in [9.17, 15) is 8.42 Å². The molecule has 0 aliphatic heterocycles. The van der Waals surface area contributed by atoms with Gasteiger partial charge in [-0.2, -0.15) is 10.2 Å². The van der Waals surface area contributed by atoms with Crippen molar-refractivity contribution in [2.24, 2.45) is 7.05 Å². The summed E-state index contributed by atoms with van der Waals surface area (Å²) in [5.41, 5.74) is 3.11. The van der Waals surface area contributed by atoms with Crippen molar-refractivity contribution >= 4 is 33.0 Å². The molecule has 0 radical (unpaired) electrons. The average Bonchev–Trinajstić information content (AvgIpc) is 3.41. The molecule has 1 fully saturated rings. The van der Waals surface area contributed by atoms with Crippen LogP contribution in [0.4, 0.5) is 31.9 Å². The first-order valence-corrected chi connectivity index (χ1v) is 13.2. The SMILES string of the molecule is Cc1cc(Nc2nc(N(C)c3c(F)cc(S(C)(=O)=O)cc3F)cc(-c3cnn(C)c3)c2C2CC2)n[nH]1. The minimum Gasteiger partial charge on any atom is -0.325 e. The van der Waals surface area contributed by atoms with Crippen LogP contribution >= 0.6 is 0 Å². The summed E-state index contributed by atoms with van der Waals surface area (Å²) < 4.78 is 55.5. The fraction of sp³-hybridized carbons (Fsp3) is 0.292. The van der Waals surface area contributed by atoms with E-state index in [1.165, 1.54) is 11.9 Å². The zero-order chi connectivity index (χ0) is 25.8. The Labute approximate surface area is 207 Å². The van der Waals surface area contributed by atoms with E-state index >= 15 is 8.78 Å². The number of sulfone groups is 1. The quantitative estimate of drug-likeness (QED) is 0.372. The number of aromatic nitrogens is 5. The second-order valence-electron chi connectivity index (χ2n) is 9.10. The van der Waals surface area contributed by atoms with Crippen LogP contribution in [0.15, 0.2) is 41.6 Å². The second-order valence-corrected chi connectivity index (χ2v) is 11.1. The maximum atomic E-state index is 15.1. The van der Waals surface area contributed by atoms with Gasteiger partial charge in [-0.25, -0.2) is 22.2 Å². The van der Waals surface area contributed by atoms with Crippen LogP contribution in [0.25, 0.3) is 11.1 Å². The molecule has 1 aliphatic rings. The van der Waals surface area contributed by atoms with E-state index in [-0.39, 0.29) is 11.7 Å². The molecule has 5 rings (SSSR count). The fourth-order valence-electron chi connectivity index (χ4n) is 4.19. The van der Waals surface area contributed by atoms with Crippen LogP contribution in [0.5, 0.6) is 0 Å². The summed E-state index contributed by atoms with van der Waals surface area (Å²) in [6.07, 6.45) is 6.49. The third kappa shape index (κ3) is 4.55. The van der Waals surface area contributed by atoms with Gasteiger partial charge in [0.2, 0.25) is 0 Å². The smallest absolute Gasteiger partial charge is 0.175 e. The van der Waals surface area contributed by atoms with Gasteiger partial charge >= 0.3 is 0 Å². The number of pyridine rings is 1. The molecule has 0 unspecified atom stereocenters. The summed E-state index contributed by atoms with van der Waals surface area (Å²) in [6, 6.07) is 5.24. The molecule has 188 valence electrons. The molecule has 2 N–H and O–H groups in total. The molecule has 1 aliphatic carbocycles. The van der Waals surface area contributed by atoms with E-state index in [1.54, 1.807) is 16.9 Å². The normalized spacial score (nSPS) is 13.7. The molecule has 3 aromatic heterocycles. The first kappa shape index (κ1) is 23.9. The Kier molecular flexibility index (Phi) is 5.78. The van der Waals surface area contributed by atoms with Crippen LogP contribution in [0.2, 0.25) is 0 Å². The molecule has 0 saturated heterocycles. The van der Waals surface area contributed by atoms with Gasteiger partial charge in [-0.05, 0) is 49.4 Å². The van der Waals surface area contributed by atoms with E-state index in [0.717, 1.165) is 53.6 Å². The molecule has 3 heterocycles. The monoisotopic (exact) mass is 513 g/mol. The van der Waals surface area contributed by atoms with Gasteiger partial charge in [0.25, 0.3) is 0 Å². The maximum absolute atomic E-state index is 15.1. The largest absolute Gasteiger partial charge is 0.325 e. The standard InChI is InChI=1S/C24H25F2N7O2S/c1-13-7-20(31-30-13)28-24-22(14-5-6-14)17(15-11-27-32(2)12-15)10-21(29-24)33(3)23-18(25)8-16(9-19(23)26)36(4,34)35/h7-12,14H,5-6H2,1-4H3,(H2,28,29,30,31). The van der Waals surface area contributed by atoms with Gasteiger partial charge in [-0.1, -0.05) is 0 Å². The zero-order valence-corrected chi connectivity index (χ0v) is 21.0. The molecular formula is C24H25F2N7O2S. The van der Waals surface area contributed by atoms with Gasteiger partial charge in [0.1, 0.15) is 17.3 Å². The number of halogens is 2. The summed E-state index contributed by atoms with van der Waals surface area (Å²) in [7, 11) is -0.490. The lowest BCUT2D eigenvalue weighted by Gasteiger charge is -2.23. The first-order chi connectivity index (χ1) is 17.0. The van der Waals surface area contributed by atoms with Crippen molar-refractivity contribution in [3.8, 4) is 11.1 Å². The number of nitrogens with zero attached hydrogens (tertiary/aromatic N) is 5.